The van der Waals surface area contributed by atoms with Gasteiger partial charge in [-0.15, -0.1) is 0 Å². The van der Waals surface area contributed by atoms with E-state index in [-0.39, 0.29) is 10.8 Å². The standard InChI is InChI=1S/C15H14ClF2N/c1-8-3-4-10(14(18)5-8)15(19)11-6-9(2)13(17)7-12(11)16/h3-7,15H,19H2,1-2H3. The van der Waals surface area contributed by atoms with Crippen LogP contribution in [0.4, 0.5) is 8.78 Å². The predicted octanol–water partition coefficient (Wildman–Crippen LogP) is 4.28. The minimum Gasteiger partial charge on any atom is -0.320 e. The molecule has 2 aromatic carbocycles. The minimum atomic E-state index is -0.715. The van der Waals surface area contributed by atoms with Crippen LogP contribution in [0.15, 0.2) is 30.3 Å². The van der Waals surface area contributed by atoms with Gasteiger partial charge in [-0.3, -0.25) is 0 Å². The van der Waals surface area contributed by atoms with Gasteiger partial charge in [0.15, 0.2) is 0 Å². The van der Waals surface area contributed by atoms with E-state index in [1.165, 1.54) is 12.1 Å². The van der Waals surface area contributed by atoms with Crippen LogP contribution in [0.1, 0.15) is 28.3 Å². The van der Waals surface area contributed by atoms with E-state index in [0.29, 0.717) is 16.7 Å². The molecule has 0 aliphatic carbocycles. The molecule has 0 heterocycles. The number of hydrogen-bond donors (Lipinski definition) is 1. The van der Waals surface area contributed by atoms with E-state index in [9.17, 15) is 8.78 Å². The van der Waals surface area contributed by atoms with Gasteiger partial charge in [0.1, 0.15) is 11.6 Å². The third-order valence-corrected chi connectivity index (χ3v) is 3.43. The monoisotopic (exact) mass is 281 g/mol. The molecule has 0 aromatic heterocycles. The van der Waals surface area contributed by atoms with Crippen molar-refractivity contribution in [1.29, 1.82) is 0 Å². The molecule has 2 aromatic rings. The van der Waals surface area contributed by atoms with E-state index in [1.807, 2.05) is 0 Å². The largest absolute Gasteiger partial charge is 0.320 e. The Labute approximate surface area is 116 Å². The number of rotatable bonds is 2. The Balaban J connectivity index is 2.49. The Morgan fingerprint density at radius 3 is 2.32 bits per heavy atom. The fraction of sp³-hybridized carbons (Fsp3) is 0.200. The van der Waals surface area contributed by atoms with Gasteiger partial charge in [-0.25, -0.2) is 8.78 Å². The Morgan fingerprint density at radius 2 is 1.68 bits per heavy atom. The van der Waals surface area contributed by atoms with Gasteiger partial charge < -0.3 is 5.73 Å². The van der Waals surface area contributed by atoms with Crippen LogP contribution in [-0.4, -0.2) is 0 Å². The molecule has 0 bridgehead atoms. The molecule has 0 saturated carbocycles. The summed E-state index contributed by atoms with van der Waals surface area (Å²) < 4.78 is 27.3. The molecule has 0 fully saturated rings. The third kappa shape index (κ3) is 2.77. The lowest BCUT2D eigenvalue weighted by molar-refractivity contribution is 0.596. The summed E-state index contributed by atoms with van der Waals surface area (Å²) in [6.07, 6.45) is 0. The van der Waals surface area contributed by atoms with Crippen LogP contribution < -0.4 is 5.73 Å². The summed E-state index contributed by atoms with van der Waals surface area (Å²) in [7, 11) is 0. The van der Waals surface area contributed by atoms with E-state index in [1.54, 1.807) is 32.0 Å². The van der Waals surface area contributed by atoms with Crippen LogP contribution in [-0.2, 0) is 0 Å². The van der Waals surface area contributed by atoms with Gasteiger partial charge >= 0.3 is 0 Å². The first-order valence-electron chi connectivity index (χ1n) is 5.87. The molecule has 0 radical (unpaired) electrons. The molecule has 2 rings (SSSR count). The fourth-order valence-electron chi connectivity index (χ4n) is 1.97. The van der Waals surface area contributed by atoms with Crippen LogP contribution >= 0.6 is 11.6 Å². The highest BCUT2D eigenvalue weighted by atomic mass is 35.5. The van der Waals surface area contributed by atoms with Crippen LogP contribution in [0.2, 0.25) is 5.02 Å². The summed E-state index contributed by atoms with van der Waals surface area (Å²) in [5, 5.41) is 0.204. The second kappa shape index (κ2) is 5.27. The number of aryl methyl sites for hydroxylation is 2. The first kappa shape index (κ1) is 14.0. The Morgan fingerprint density at radius 1 is 1.00 bits per heavy atom. The van der Waals surface area contributed by atoms with Gasteiger partial charge in [0.2, 0.25) is 0 Å². The Kier molecular flexibility index (Phi) is 3.88. The molecule has 0 aliphatic heterocycles. The number of halogens is 3. The molecule has 0 aliphatic rings. The van der Waals surface area contributed by atoms with E-state index in [2.05, 4.69) is 0 Å². The van der Waals surface area contributed by atoms with Crippen molar-refractivity contribution in [3.63, 3.8) is 0 Å². The Hall–Kier alpha value is -1.45. The van der Waals surface area contributed by atoms with E-state index in [4.69, 9.17) is 17.3 Å². The normalized spacial score (nSPS) is 12.5. The third-order valence-electron chi connectivity index (χ3n) is 3.10. The zero-order valence-corrected chi connectivity index (χ0v) is 11.4. The highest BCUT2D eigenvalue weighted by molar-refractivity contribution is 6.31. The van der Waals surface area contributed by atoms with Gasteiger partial charge in [-0.1, -0.05) is 23.7 Å². The highest BCUT2D eigenvalue weighted by Gasteiger charge is 2.17. The van der Waals surface area contributed by atoms with Crippen molar-refractivity contribution in [3.05, 3.63) is 69.2 Å². The second-order valence-corrected chi connectivity index (χ2v) is 5.03. The first-order valence-corrected chi connectivity index (χ1v) is 6.25. The van der Waals surface area contributed by atoms with Crippen molar-refractivity contribution in [3.8, 4) is 0 Å². The van der Waals surface area contributed by atoms with Crippen LogP contribution in [0.3, 0.4) is 0 Å². The van der Waals surface area contributed by atoms with Crippen molar-refractivity contribution in [1.82, 2.24) is 0 Å². The maximum Gasteiger partial charge on any atom is 0.128 e. The molecule has 19 heavy (non-hydrogen) atoms. The zero-order valence-electron chi connectivity index (χ0n) is 10.7. The van der Waals surface area contributed by atoms with Gasteiger partial charge in [0, 0.05) is 10.6 Å². The van der Waals surface area contributed by atoms with Crippen molar-refractivity contribution >= 4 is 11.6 Å². The van der Waals surface area contributed by atoms with E-state index >= 15 is 0 Å². The quantitative estimate of drug-likeness (QED) is 0.873. The van der Waals surface area contributed by atoms with Crippen molar-refractivity contribution in [2.45, 2.75) is 19.9 Å². The molecule has 4 heteroatoms. The van der Waals surface area contributed by atoms with E-state index in [0.717, 1.165) is 5.56 Å². The van der Waals surface area contributed by atoms with Crippen molar-refractivity contribution in [2.75, 3.05) is 0 Å². The minimum absolute atomic E-state index is 0.204. The summed E-state index contributed by atoms with van der Waals surface area (Å²) in [4.78, 5) is 0. The lowest BCUT2D eigenvalue weighted by Crippen LogP contribution is -2.14. The molecule has 2 N–H and O–H groups in total. The molecule has 1 nitrogen and oxygen atoms in total. The predicted molar refractivity (Wildman–Crippen MR) is 73.3 cm³/mol. The fourth-order valence-corrected chi connectivity index (χ4v) is 2.24. The van der Waals surface area contributed by atoms with Crippen LogP contribution in [0.5, 0.6) is 0 Å². The second-order valence-electron chi connectivity index (χ2n) is 4.63. The van der Waals surface area contributed by atoms with E-state index < -0.39 is 11.9 Å². The zero-order chi connectivity index (χ0) is 14.2. The van der Waals surface area contributed by atoms with Crippen molar-refractivity contribution in [2.24, 2.45) is 5.73 Å². The highest BCUT2D eigenvalue weighted by Crippen LogP contribution is 2.30. The average Bonchev–Trinajstić information content (AvgIpc) is 2.33. The van der Waals surface area contributed by atoms with Gasteiger partial charge in [-0.05, 0) is 48.7 Å². The number of benzene rings is 2. The summed E-state index contributed by atoms with van der Waals surface area (Å²) in [5.41, 5.74) is 8.15. The lowest BCUT2D eigenvalue weighted by atomic mass is 9.96. The first-order chi connectivity index (χ1) is 8.90. The molecule has 1 unspecified atom stereocenters. The maximum atomic E-state index is 13.9. The van der Waals surface area contributed by atoms with Crippen LogP contribution in [0, 0.1) is 25.5 Å². The lowest BCUT2D eigenvalue weighted by Gasteiger charge is -2.16. The average molecular weight is 282 g/mol. The summed E-state index contributed by atoms with van der Waals surface area (Å²) >= 11 is 5.99. The SMILES string of the molecule is Cc1ccc(C(N)c2cc(C)c(F)cc2Cl)c(F)c1. The summed E-state index contributed by atoms with van der Waals surface area (Å²) in [6.45, 7) is 3.42. The van der Waals surface area contributed by atoms with Crippen molar-refractivity contribution < 1.29 is 8.78 Å². The molecule has 1 atom stereocenters. The smallest absolute Gasteiger partial charge is 0.128 e. The van der Waals surface area contributed by atoms with Gasteiger partial charge in [-0.2, -0.15) is 0 Å². The molecular formula is C15H14ClF2N. The topological polar surface area (TPSA) is 26.0 Å². The van der Waals surface area contributed by atoms with Gasteiger partial charge in [0.05, 0.1) is 6.04 Å². The number of hydrogen-bond acceptors (Lipinski definition) is 1. The summed E-state index contributed by atoms with van der Waals surface area (Å²) in [6, 6.07) is 6.87. The molecule has 100 valence electrons. The molecule has 0 saturated heterocycles. The molecular weight excluding hydrogens is 268 g/mol. The maximum absolute atomic E-state index is 13.9. The van der Waals surface area contributed by atoms with Crippen LogP contribution in [0.25, 0.3) is 0 Å². The number of nitrogens with two attached hydrogens (primary N) is 1. The Bertz CT molecular complexity index is 626. The molecule has 0 amide bonds. The molecule has 0 spiro atoms. The summed E-state index contributed by atoms with van der Waals surface area (Å²) in [5.74, 6) is -0.782. The van der Waals surface area contributed by atoms with Gasteiger partial charge in [0.25, 0.3) is 0 Å².